The van der Waals surface area contributed by atoms with Crippen LogP contribution >= 0.6 is 0 Å². The van der Waals surface area contributed by atoms with Crippen LogP contribution in [0.1, 0.15) is 46.5 Å². The van der Waals surface area contributed by atoms with Crippen LogP contribution in [0.25, 0.3) is 0 Å². The molecule has 0 bridgehead atoms. The molecular weight excluding hydrogens is 336 g/mol. The number of likely N-dealkylation sites (tertiary alicyclic amines) is 1. The lowest BCUT2D eigenvalue weighted by atomic mass is 10.1. The van der Waals surface area contributed by atoms with Crippen LogP contribution in [0, 0.1) is 0 Å². The summed E-state index contributed by atoms with van der Waals surface area (Å²) in [6.07, 6.45) is 12.2. The molecule has 0 amide bonds. The zero-order valence-corrected chi connectivity index (χ0v) is 17.0. The quantitative estimate of drug-likeness (QED) is 0.556. The summed E-state index contributed by atoms with van der Waals surface area (Å²) in [6, 6.07) is 0.0759. The van der Waals surface area contributed by atoms with Gasteiger partial charge in [0.1, 0.15) is 0 Å². The fourth-order valence-corrected chi connectivity index (χ4v) is 2.99. The van der Waals surface area contributed by atoms with Crippen LogP contribution in [0.4, 0.5) is 0 Å². The van der Waals surface area contributed by atoms with Gasteiger partial charge in [0.2, 0.25) is 0 Å². The molecule has 1 atom stereocenters. The Labute approximate surface area is 163 Å². The Morgan fingerprint density at radius 2 is 2.07 bits per heavy atom. The zero-order chi connectivity index (χ0) is 19.8. The Morgan fingerprint density at radius 1 is 1.37 bits per heavy atom. The van der Waals surface area contributed by atoms with E-state index in [2.05, 4.69) is 23.4 Å². The topological polar surface area (TPSA) is 83.2 Å². The largest absolute Gasteiger partial charge is 0.355 e. The third-order valence-electron chi connectivity index (χ3n) is 4.86. The van der Waals surface area contributed by atoms with E-state index in [-0.39, 0.29) is 6.04 Å². The minimum Gasteiger partial charge on any atom is -0.355 e. The first kappa shape index (κ1) is 21.1. The molecule has 0 radical (unpaired) electrons. The lowest BCUT2D eigenvalue weighted by molar-refractivity contribution is 0.332. The molecule has 2 rings (SSSR count). The first-order valence-electron chi connectivity index (χ1n) is 9.89. The number of piperidine rings is 1. The van der Waals surface area contributed by atoms with E-state index in [9.17, 15) is 0 Å². The summed E-state index contributed by atoms with van der Waals surface area (Å²) in [5.41, 5.74) is 9.36. The lowest BCUT2D eigenvalue weighted by Crippen LogP contribution is -2.43. The molecule has 0 aromatic heterocycles. The van der Waals surface area contributed by atoms with Crippen LogP contribution in [0.3, 0.4) is 0 Å². The minimum atomic E-state index is 0.0759. The Bertz CT molecular complexity index is 677. The molecule has 0 saturated carbocycles. The van der Waals surface area contributed by atoms with Crippen molar-refractivity contribution in [2.24, 2.45) is 21.6 Å². The third-order valence-corrected chi connectivity index (χ3v) is 4.86. The number of amidine groups is 1. The van der Waals surface area contributed by atoms with Crippen LogP contribution in [0.5, 0.6) is 0 Å². The predicted octanol–water partition coefficient (Wildman–Crippen LogP) is 3.12. The minimum absolute atomic E-state index is 0.0759. The molecule has 148 valence electrons. The molecule has 1 saturated heterocycles. The van der Waals surface area contributed by atoms with E-state index in [1.54, 1.807) is 5.01 Å². The van der Waals surface area contributed by atoms with Crippen LogP contribution in [-0.4, -0.2) is 47.6 Å². The summed E-state index contributed by atoms with van der Waals surface area (Å²) in [5.74, 6) is 7.31. The summed E-state index contributed by atoms with van der Waals surface area (Å²) < 4.78 is 0. The molecule has 0 aliphatic carbocycles. The number of nitrogens with two attached hydrogens (primary N) is 2. The molecule has 0 aromatic carbocycles. The second kappa shape index (κ2) is 10.2. The number of hydrazine groups is 1. The van der Waals surface area contributed by atoms with Gasteiger partial charge in [-0.15, -0.1) is 0 Å². The van der Waals surface area contributed by atoms with Gasteiger partial charge in [0.25, 0.3) is 0 Å². The third kappa shape index (κ3) is 5.65. The zero-order valence-electron chi connectivity index (χ0n) is 17.0. The fraction of sp³-hybridized carbons (Fsp3) is 0.524. The monoisotopic (exact) mass is 370 g/mol. The Balaban J connectivity index is 2.40. The molecule has 1 unspecified atom stereocenters. The summed E-state index contributed by atoms with van der Waals surface area (Å²) >= 11 is 0. The highest BCUT2D eigenvalue weighted by molar-refractivity contribution is 6.01. The number of allylic oxidation sites excluding steroid dienone is 4. The molecule has 0 aromatic rings. The van der Waals surface area contributed by atoms with Crippen LogP contribution in [0.15, 0.2) is 57.5 Å². The van der Waals surface area contributed by atoms with Gasteiger partial charge >= 0.3 is 0 Å². The van der Waals surface area contributed by atoms with E-state index in [1.807, 2.05) is 38.4 Å². The van der Waals surface area contributed by atoms with E-state index < -0.39 is 0 Å². The normalized spacial score (nSPS) is 21.5. The first-order valence-corrected chi connectivity index (χ1v) is 9.89. The van der Waals surface area contributed by atoms with Gasteiger partial charge < -0.3 is 10.6 Å². The highest BCUT2D eigenvalue weighted by Crippen LogP contribution is 2.25. The molecule has 6 nitrogen and oxygen atoms in total. The predicted molar refractivity (Wildman–Crippen MR) is 115 cm³/mol. The fourth-order valence-electron chi connectivity index (χ4n) is 2.99. The van der Waals surface area contributed by atoms with Crippen molar-refractivity contribution in [2.45, 2.75) is 52.5 Å². The summed E-state index contributed by atoms with van der Waals surface area (Å²) in [5, 5.41) is 1.66. The Kier molecular flexibility index (Phi) is 8.00. The number of aliphatic imine (C=N–C) groups is 2. The Hall–Kier alpha value is -2.18. The second-order valence-electron chi connectivity index (χ2n) is 7.05. The molecule has 2 heterocycles. The van der Waals surface area contributed by atoms with Crippen molar-refractivity contribution in [3.05, 3.63) is 47.5 Å². The molecule has 2 aliphatic heterocycles. The average Bonchev–Trinajstić information content (AvgIpc) is 2.70. The average molecular weight is 371 g/mol. The summed E-state index contributed by atoms with van der Waals surface area (Å²) in [7, 11) is 0. The van der Waals surface area contributed by atoms with Crippen molar-refractivity contribution in [2.75, 3.05) is 19.6 Å². The molecule has 2 aliphatic rings. The van der Waals surface area contributed by atoms with E-state index >= 15 is 0 Å². The van der Waals surface area contributed by atoms with Gasteiger partial charge in [0.15, 0.2) is 5.84 Å². The van der Waals surface area contributed by atoms with Gasteiger partial charge in [0.05, 0.1) is 17.4 Å². The van der Waals surface area contributed by atoms with Gasteiger partial charge in [-0.2, -0.15) is 0 Å². The van der Waals surface area contributed by atoms with Crippen molar-refractivity contribution < 1.29 is 0 Å². The maximum Gasteiger partial charge on any atom is 0.154 e. The Morgan fingerprint density at radius 3 is 2.67 bits per heavy atom. The van der Waals surface area contributed by atoms with Crippen molar-refractivity contribution in [3.63, 3.8) is 0 Å². The number of rotatable bonds is 6. The molecule has 27 heavy (non-hydrogen) atoms. The van der Waals surface area contributed by atoms with Crippen molar-refractivity contribution in [3.8, 4) is 0 Å². The maximum atomic E-state index is 6.39. The maximum absolute atomic E-state index is 6.39. The molecule has 4 N–H and O–H groups in total. The van der Waals surface area contributed by atoms with Gasteiger partial charge in [-0.1, -0.05) is 25.2 Å². The van der Waals surface area contributed by atoms with Gasteiger partial charge in [-0.25, -0.2) is 10.8 Å². The van der Waals surface area contributed by atoms with Crippen LogP contribution in [0.2, 0.25) is 0 Å². The SMILES string of the molecule is C=C(/C=C1/C(N2CCCCC2)=NC(/C(C=NC(C)CN)=C/C)=CN1N)CC. The lowest BCUT2D eigenvalue weighted by Gasteiger charge is -2.35. The highest BCUT2D eigenvalue weighted by atomic mass is 15.4. The number of hydrogen-bond donors (Lipinski definition) is 2. The van der Waals surface area contributed by atoms with Crippen LogP contribution in [-0.2, 0) is 0 Å². The summed E-state index contributed by atoms with van der Waals surface area (Å²) in [6.45, 7) is 12.7. The number of hydrogen-bond acceptors (Lipinski definition) is 6. The van der Waals surface area contributed by atoms with Crippen molar-refractivity contribution in [1.82, 2.24) is 9.91 Å². The van der Waals surface area contributed by atoms with Crippen molar-refractivity contribution in [1.29, 1.82) is 0 Å². The van der Waals surface area contributed by atoms with Gasteiger partial charge in [-0.3, -0.25) is 10.0 Å². The molecular formula is C21H34N6. The smallest absolute Gasteiger partial charge is 0.154 e. The van der Waals surface area contributed by atoms with E-state index in [4.69, 9.17) is 16.6 Å². The molecule has 1 fully saturated rings. The molecule has 0 spiro atoms. The molecule has 6 heteroatoms. The second-order valence-corrected chi connectivity index (χ2v) is 7.05. The standard InChI is InChI=1S/C21H34N6/c1-5-16(3)12-20-21(26-10-8-7-9-11-26)25-19(15-27(20)23)18(6-2)14-24-17(4)13-22/h6,12,14-15,17H,3,5,7-11,13,22-23H2,1-2,4H3/b18-6+,20-12-,24-14?. The van der Waals surface area contributed by atoms with E-state index in [0.717, 1.165) is 47.9 Å². The van der Waals surface area contributed by atoms with E-state index in [1.165, 1.54) is 19.3 Å². The number of nitrogens with zero attached hydrogens (tertiary/aromatic N) is 4. The van der Waals surface area contributed by atoms with Gasteiger partial charge in [0, 0.05) is 37.6 Å². The first-order chi connectivity index (χ1) is 13.0. The van der Waals surface area contributed by atoms with Crippen LogP contribution < -0.4 is 11.6 Å². The highest BCUT2D eigenvalue weighted by Gasteiger charge is 2.25. The van der Waals surface area contributed by atoms with Crippen molar-refractivity contribution >= 4 is 12.1 Å². The summed E-state index contributed by atoms with van der Waals surface area (Å²) in [4.78, 5) is 11.8. The van der Waals surface area contributed by atoms with E-state index in [0.29, 0.717) is 6.54 Å². The van der Waals surface area contributed by atoms with Gasteiger partial charge in [-0.05, 0) is 45.6 Å².